The van der Waals surface area contributed by atoms with Crippen LogP contribution < -0.4 is 14.8 Å². The maximum absolute atomic E-state index is 6.01. The number of ether oxygens (including phenoxy) is 2. The van der Waals surface area contributed by atoms with Crippen LogP contribution in [-0.4, -0.2) is 18.2 Å². The molecule has 0 atom stereocenters. The van der Waals surface area contributed by atoms with Crippen molar-refractivity contribution in [3.63, 3.8) is 0 Å². The third-order valence-corrected chi connectivity index (χ3v) is 4.21. The number of rotatable bonds is 8. The van der Waals surface area contributed by atoms with Gasteiger partial charge in [-0.05, 0) is 60.5 Å². The second kappa shape index (κ2) is 9.11. The Balaban J connectivity index is 1.45. The lowest BCUT2D eigenvalue weighted by molar-refractivity contribution is 0.217. The standard InChI is InChI=1S/C21H21ClN2O2/c1-16-13-19(8-9-20(16)22)26-12-11-25-18-6-4-5-17(14-18)15-24-21-7-2-3-10-23-21/h2-10,13-14H,11-12,15H2,1H3,(H,23,24). The Kier molecular flexibility index (Phi) is 6.34. The number of nitrogens with zero attached hydrogens (tertiary/aromatic N) is 1. The molecule has 0 aliphatic rings. The number of aryl methyl sites for hydroxylation is 1. The van der Waals surface area contributed by atoms with Gasteiger partial charge in [-0.1, -0.05) is 29.8 Å². The molecule has 1 N–H and O–H groups in total. The molecular formula is C21H21ClN2O2. The minimum absolute atomic E-state index is 0.470. The molecule has 1 aromatic heterocycles. The highest BCUT2D eigenvalue weighted by Crippen LogP contribution is 2.21. The molecular weight excluding hydrogens is 348 g/mol. The zero-order valence-corrected chi connectivity index (χ0v) is 15.4. The second-order valence-electron chi connectivity index (χ2n) is 5.82. The number of halogens is 1. The van der Waals surface area contributed by atoms with Crippen LogP contribution in [0.4, 0.5) is 5.82 Å². The number of aromatic nitrogens is 1. The summed E-state index contributed by atoms with van der Waals surface area (Å²) in [6, 6.07) is 19.4. The number of benzene rings is 2. The minimum atomic E-state index is 0.470. The Labute approximate surface area is 158 Å². The number of hydrogen-bond acceptors (Lipinski definition) is 4. The minimum Gasteiger partial charge on any atom is -0.490 e. The monoisotopic (exact) mass is 368 g/mol. The zero-order chi connectivity index (χ0) is 18.2. The van der Waals surface area contributed by atoms with Crippen molar-refractivity contribution in [2.24, 2.45) is 0 Å². The van der Waals surface area contributed by atoms with E-state index >= 15 is 0 Å². The van der Waals surface area contributed by atoms with Gasteiger partial charge in [-0.2, -0.15) is 0 Å². The summed E-state index contributed by atoms with van der Waals surface area (Å²) in [6.45, 7) is 3.58. The van der Waals surface area contributed by atoms with E-state index in [0.29, 0.717) is 19.8 Å². The number of nitrogens with one attached hydrogen (secondary N) is 1. The zero-order valence-electron chi connectivity index (χ0n) is 14.6. The first-order chi connectivity index (χ1) is 12.7. The SMILES string of the molecule is Cc1cc(OCCOc2cccc(CNc3ccccn3)c2)ccc1Cl. The largest absolute Gasteiger partial charge is 0.490 e. The van der Waals surface area contributed by atoms with E-state index in [0.717, 1.165) is 33.5 Å². The normalized spacial score (nSPS) is 10.4. The molecule has 0 spiro atoms. The molecule has 0 saturated carbocycles. The summed E-state index contributed by atoms with van der Waals surface area (Å²) in [5, 5.41) is 4.03. The van der Waals surface area contributed by atoms with Gasteiger partial charge in [0.15, 0.2) is 0 Å². The van der Waals surface area contributed by atoms with Gasteiger partial charge < -0.3 is 14.8 Å². The summed E-state index contributed by atoms with van der Waals surface area (Å²) in [5.74, 6) is 2.47. The highest BCUT2D eigenvalue weighted by molar-refractivity contribution is 6.31. The molecule has 3 aromatic rings. The predicted octanol–water partition coefficient (Wildman–Crippen LogP) is 5.11. The first kappa shape index (κ1) is 18.1. The summed E-state index contributed by atoms with van der Waals surface area (Å²) in [6.07, 6.45) is 1.77. The van der Waals surface area contributed by atoms with E-state index in [1.807, 2.05) is 61.5 Å². The van der Waals surface area contributed by atoms with Gasteiger partial charge >= 0.3 is 0 Å². The fraction of sp³-hybridized carbons (Fsp3) is 0.190. The average Bonchev–Trinajstić information content (AvgIpc) is 2.67. The van der Waals surface area contributed by atoms with Crippen LogP contribution in [0.25, 0.3) is 0 Å². The van der Waals surface area contributed by atoms with Gasteiger partial charge in [-0.15, -0.1) is 0 Å². The van der Waals surface area contributed by atoms with Crippen molar-refractivity contribution in [1.82, 2.24) is 4.98 Å². The first-order valence-electron chi connectivity index (χ1n) is 8.46. The molecule has 0 fully saturated rings. The van der Waals surface area contributed by atoms with E-state index in [-0.39, 0.29) is 0 Å². The molecule has 0 radical (unpaired) electrons. The highest BCUT2D eigenvalue weighted by atomic mass is 35.5. The van der Waals surface area contributed by atoms with Crippen LogP contribution in [-0.2, 0) is 6.54 Å². The molecule has 134 valence electrons. The van der Waals surface area contributed by atoms with E-state index in [1.165, 1.54) is 0 Å². The van der Waals surface area contributed by atoms with E-state index in [2.05, 4.69) is 16.4 Å². The van der Waals surface area contributed by atoms with Gasteiger partial charge in [0, 0.05) is 17.8 Å². The Morgan fingerprint density at radius 2 is 1.73 bits per heavy atom. The summed E-state index contributed by atoms with van der Waals surface area (Å²) in [7, 11) is 0. The van der Waals surface area contributed by atoms with Crippen molar-refractivity contribution < 1.29 is 9.47 Å². The topological polar surface area (TPSA) is 43.4 Å². The lowest BCUT2D eigenvalue weighted by atomic mass is 10.2. The third kappa shape index (κ3) is 5.39. The summed E-state index contributed by atoms with van der Waals surface area (Å²) < 4.78 is 11.5. The predicted molar refractivity (Wildman–Crippen MR) is 105 cm³/mol. The van der Waals surface area contributed by atoms with Gasteiger partial charge in [0.1, 0.15) is 30.5 Å². The molecule has 0 amide bonds. The van der Waals surface area contributed by atoms with E-state index in [9.17, 15) is 0 Å². The maximum atomic E-state index is 6.01. The van der Waals surface area contributed by atoms with Crippen LogP contribution in [0.5, 0.6) is 11.5 Å². The van der Waals surface area contributed by atoms with Gasteiger partial charge in [-0.3, -0.25) is 0 Å². The molecule has 1 heterocycles. The Morgan fingerprint density at radius 1 is 0.923 bits per heavy atom. The van der Waals surface area contributed by atoms with Crippen LogP contribution >= 0.6 is 11.6 Å². The summed E-state index contributed by atoms with van der Waals surface area (Å²) in [5.41, 5.74) is 2.13. The molecule has 0 aliphatic heterocycles. The first-order valence-corrected chi connectivity index (χ1v) is 8.84. The fourth-order valence-electron chi connectivity index (χ4n) is 2.43. The van der Waals surface area contributed by atoms with Crippen molar-refractivity contribution in [3.8, 4) is 11.5 Å². The Hall–Kier alpha value is -2.72. The van der Waals surface area contributed by atoms with Crippen molar-refractivity contribution >= 4 is 17.4 Å². The van der Waals surface area contributed by atoms with Crippen LogP contribution in [0.2, 0.25) is 5.02 Å². The number of anilines is 1. The molecule has 3 rings (SSSR count). The summed E-state index contributed by atoms with van der Waals surface area (Å²) >= 11 is 6.01. The molecule has 0 aliphatic carbocycles. The molecule has 26 heavy (non-hydrogen) atoms. The highest BCUT2D eigenvalue weighted by Gasteiger charge is 2.01. The van der Waals surface area contributed by atoms with Crippen molar-refractivity contribution in [2.45, 2.75) is 13.5 Å². The number of pyridine rings is 1. The van der Waals surface area contributed by atoms with Crippen LogP contribution in [0.3, 0.4) is 0 Å². The van der Waals surface area contributed by atoms with Crippen molar-refractivity contribution in [2.75, 3.05) is 18.5 Å². The molecule has 4 nitrogen and oxygen atoms in total. The Morgan fingerprint density at radius 3 is 2.46 bits per heavy atom. The lowest BCUT2D eigenvalue weighted by Gasteiger charge is -2.11. The van der Waals surface area contributed by atoms with E-state index in [4.69, 9.17) is 21.1 Å². The molecule has 0 bridgehead atoms. The van der Waals surface area contributed by atoms with E-state index in [1.54, 1.807) is 6.20 Å². The quantitative estimate of drug-likeness (QED) is 0.561. The third-order valence-electron chi connectivity index (χ3n) is 3.79. The van der Waals surface area contributed by atoms with Crippen LogP contribution in [0.1, 0.15) is 11.1 Å². The smallest absolute Gasteiger partial charge is 0.126 e. The van der Waals surface area contributed by atoms with E-state index < -0.39 is 0 Å². The second-order valence-corrected chi connectivity index (χ2v) is 6.23. The Bertz CT molecular complexity index is 840. The van der Waals surface area contributed by atoms with Crippen molar-refractivity contribution in [3.05, 3.63) is 83.0 Å². The molecule has 5 heteroatoms. The van der Waals surface area contributed by atoms with Gasteiger partial charge in [0.05, 0.1) is 0 Å². The number of hydrogen-bond donors (Lipinski definition) is 1. The van der Waals surface area contributed by atoms with Crippen LogP contribution in [0.15, 0.2) is 66.9 Å². The molecule has 0 saturated heterocycles. The lowest BCUT2D eigenvalue weighted by Crippen LogP contribution is -2.09. The molecule has 2 aromatic carbocycles. The average molecular weight is 369 g/mol. The van der Waals surface area contributed by atoms with Gasteiger partial charge in [-0.25, -0.2) is 4.98 Å². The molecule has 0 unspecified atom stereocenters. The van der Waals surface area contributed by atoms with Gasteiger partial charge in [0.25, 0.3) is 0 Å². The summed E-state index contributed by atoms with van der Waals surface area (Å²) in [4.78, 5) is 4.25. The maximum Gasteiger partial charge on any atom is 0.126 e. The van der Waals surface area contributed by atoms with Gasteiger partial charge in [0.2, 0.25) is 0 Å². The fourth-order valence-corrected chi connectivity index (χ4v) is 2.55. The van der Waals surface area contributed by atoms with Crippen molar-refractivity contribution in [1.29, 1.82) is 0 Å². The van der Waals surface area contributed by atoms with Crippen LogP contribution in [0, 0.1) is 6.92 Å².